The van der Waals surface area contributed by atoms with E-state index in [0.717, 1.165) is 5.69 Å². The molecule has 0 fully saturated rings. The van der Waals surface area contributed by atoms with Gasteiger partial charge in [0.15, 0.2) is 0 Å². The number of hydrogen-bond acceptors (Lipinski definition) is 5. The minimum Gasteiger partial charge on any atom is -0.426 e. The summed E-state index contributed by atoms with van der Waals surface area (Å²) in [4.78, 5) is 19.0. The zero-order valence-corrected chi connectivity index (χ0v) is 13.7. The van der Waals surface area contributed by atoms with Gasteiger partial charge in [0.05, 0.1) is 22.3 Å². The number of nitrogens with zero attached hydrogens (tertiary/aromatic N) is 3. The minimum atomic E-state index is -0.237. The van der Waals surface area contributed by atoms with Crippen LogP contribution in [-0.2, 0) is 0 Å². The molecule has 0 atom stereocenters. The number of hydrogen-bond donors (Lipinski definition) is 1. The van der Waals surface area contributed by atoms with Gasteiger partial charge in [0.1, 0.15) is 5.75 Å². The van der Waals surface area contributed by atoms with E-state index >= 15 is 0 Å². The standard InChI is InChI=1S/C20H14N4O2/c25-19-17-8-4-5-9-18(17)21-20(22-19)26-16-12-10-15(11-13-16)24-23-14-6-2-1-3-7-14/h1-13H,(H,21,22,25). The smallest absolute Gasteiger partial charge is 0.302 e. The van der Waals surface area contributed by atoms with Crippen LogP contribution < -0.4 is 10.3 Å². The maximum Gasteiger partial charge on any atom is 0.302 e. The first-order valence-electron chi connectivity index (χ1n) is 8.02. The molecule has 0 aliphatic rings. The maximum atomic E-state index is 12.1. The van der Waals surface area contributed by atoms with E-state index in [2.05, 4.69) is 20.2 Å². The molecule has 4 rings (SSSR count). The van der Waals surface area contributed by atoms with Crippen molar-refractivity contribution in [1.82, 2.24) is 9.97 Å². The number of aromatic amines is 1. The van der Waals surface area contributed by atoms with Crippen molar-refractivity contribution in [1.29, 1.82) is 0 Å². The summed E-state index contributed by atoms with van der Waals surface area (Å²) in [6, 6.07) is 23.8. The van der Waals surface area contributed by atoms with Crippen molar-refractivity contribution in [3.63, 3.8) is 0 Å². The molecular formula is C20H14N4O2. The first-order valence-corrected chi connectivity index (χ1v) is 8.02. The van der Waals surface area contributed by atoms with Crippen LogP contribution in [0.4, 0.5) is 11.4 Å². The summed E-state index contributed by atoms with van der Waals surface area (Å²) in [5.41, 5.74) is 1.82. The molecule has 0 amide bonds. The van der Waals surface area contributed by atoms with Crippen molar-refractivity contribution >= 4 is 22.3 Å². The largest absolute Gasteiger partial charge is 0.426 e. The molecule has 26 heavy (non-hydrogen) atoms. The fourth-order valence-electron chi connectivity index (χ4n) is 2.42. The first kappa shape index (κ1) is 15.7. The predicted octanol–water partition coefficient (Wildman–Crippen LogP) is 5.13. The average molecular weight is 342 g/mol. The molecule has 1 N–H and O–H groups in total. The van der Waals surface area contributed by atoms with E-state index in [9.17, 15) is 4.79 Å². The molecule has 0 aliphatic heterocycles. The van der Waals surface area contributed by atoms with Gasteiger partial charge in [-0.2, -0.15) is 15.2 Å². The Balaban J connectivity index is 1.53. The van der Waals surface area contributed by atoms with E-state index < -0.39 is 0 Å². The fraction of sp³-hybridized carbons (Fsp3) is 0. The molecule has 126 valence electrons. The quantitative estimate of drug-likeness (QED) is 0.522. The monoisotopic (exact) mass is 342 g/mol. The third-order valence-electron chi connectivity index (χ3n) is 3.68. The molecule has 0 bridgehead atoms. The third-order valence-corrected chi connectivity index (χ3v) is 3.68. The number of aromatic nitrogens is 2. The number of H-pyrrole nitrogens is 1. The van der Waals surface area contributed by atoms with Crippen molar-refractivity contribution in [3.05, 3.63) is 89.2 Å². The van der Waals surface area contributed by atoms with E-state index in [0.29, 0.717) is 22.3 Å². The number of azo groups is 1. The van der Waals surface area contributed by atoms with E-state index in [1.54, 1.807) is 42.5 Å². The second-order valence-corrected chi connectivity index (χ2v) is 5.52. The lowest BCUT2D eigenvalue weighted by Gasteiger charge is -2.05. The van der Waals surface area contributed by atoms with Gasteiger partial charge in [-0.3, -0.25) is 9.78 Å². The molecule has 0 aliphatic carbocycles. The summed E-state index contributed by atoms with van der Waals surface area (Å²) in [5, 5.41) is 8.86. The molecule has 0 spiro atoms. The molecule has 0 saturated carbocycles. The number of nitrogens with one attached hydrogen (secondary N) is 1. The van der Waals surface area contributed by atoms with E-state index in [-0.39, 0.29) is 11.6 Å². The van der Waals surface area contributed by atoms with Gasteiger partial charge in [0, 0.05) is 0 Å². The van der Waals surface area contributed by atoms with Crippen molar-refractivity contribution in [2.75, 3.05) is 0 Å². The topological polar surface area (TPSA) is 79.7 Å². The summed E-state index contributed by atoms with van der Waals surface area (Å²) in [6.07, 6.45) is 0. The number of ether oxygens (including phenoxy) is 1. The number of fused-ring (bicyclic) bond motifs is 1. The molecule has 1 heterocycles. The van der Waals surface area contributed by atoms with Crippen LogP contribution in [0.5, 0.6) is 11.8 Å². The molecule has 6 nitrogen and oxygen atoms in total. The molecular weight excluding hydrogens is 328 g/mol. The van der Waals surface area contributed by atoms with E-state index in [4.69, 9.17) is 4.74 Å². The lowest BCUT2D eigenvalue weighted by Crippen LogP contribution is -2.09. The number of para-hydroxylation sites is 1. The Labute approximate surface area is 148 Å². The Bertz CT molecular complexity index is 1120. The molecule has 6 heteroatoms. The highest BCUT2D eigenvalue weighted by atomic mass is 16.5. The van der Waals surface area contributed by atoms with Gasteiger partial charge in [-0.1, -0.05) is 30.3 Å². The average Bonchev–Trinajstić information content (AvgIpc) is 2.68. The van der Waals surface area contributed by atoms with Gasteiger partial charge >= 0.3 is 6.01 Å². The lowest BCUT2D eigenvalue weighted by atomic mass is 10.2. The van der Waals surface area contributed by atoms with Crippen LogP contribution in [0.15, 0.2) is 93.9 Å². The third kappa shape index (κ3) is 3.49. The van der Waals surface area contributed by atoms with Crippen molar-refractivity contribution in [2.45, 2.75) is 0 Å². The zero-order chi connectivity index (χ0) is 17.8. The number of rotatable bonds is 4. The fourth-order valence-corrected chi connectivity index (χ4v) is 2.42. The Morgan fingerprint density at radius 1 is 0.769 bits per heavy atom. The normalized spacial score (nSPS) is 11.1. The second kappa shape index (κ2) is 6.98. The van der Waals surface area contributed by atoms with Crippen molar-refractivity contribution in [2.24, 2.45) is 10.2 Å². The van der Waals surface area contributed by atoms with Crippen LogP contribution in [0.2, 0.25) is 0 Å². The highest BCUT2D eigenvalue weighted by Gasteiger charge is 2.05. The van der Waals surface area contributed by atoms with Crippen molar-refractivity contribution < 1.29 is 4.74 Å². The Hall–Kier alpha value is -3.80. The highest BCUT2D eigenvalue weighted by Crippen LogP contribution is 2.23. The van der Waals surface area contributed by atoms with Crippen LogP contribution in [0, 0.1) is 0 Å². The number of benzene rings is 3. The summed E-state index contributed by atoms with van der Waals surface area (Å²) in [7, 11) is 0. The predicted molar refractivity (Wildman–Crippen MR) is 99.5 cm³/mol. The summed E-state index contributed by atoms with van der Waals surface area (Å²) < 4.78 is 5.65. The summed E-state index contributed by atoms with van der Waals surface area (Å²) >= 11 is 0. The zero-order valence-electron chi connectivity index (χ0n) is 13.7. The van der Waals surface area contributed by atoms with Gasteiger partial charge in [-0.05, 0) is 48.5 Å². The van der Waals surface area contributed by atoms with Gasteiger partial charge in [0.2, 0.25) is 0 Å². The molecule has 3 aromatic carbocycles. The molecule has 0 unspecified atom stereocenters. The highest BCUT2D eigenvalue weighted by molar-refractivity contribution is 5.77. The Morgan fingerprint density at radius 3 is 2.19 bits per heavy atom. The van der Waals surface area contributed by atoms with Crippen LogP contribution in [0.25, 0.3) is 10.9 Å². The second-order valence-electron chi connectivity index (χ2n) is 5.52. The minimum absolute atomic E-state index is 0.146. The Kier molecular flexibility index (Phi) is 4.22. The molecule has 4 aromatic rings. The van der Waals surface area contributed by atoms with Crippen LogP contribution in [0.3, 0.4) is 0 Å². The van der Waals surface area contributed by atoms with Gasteiger partial charge in [0.25, 0.3) is 5.56 Å². The molecule has 0 radical (unpaired) electrons. The van der Waals surface area contributed by atoms with Crippen LogP contribution in [-0.4, -0.2) is 9.97 Å². The van der Waals surface area contributed by atoms with Gasteiger partial charge in [-0.15, -0.1) is 0 Å². The van der Waals surface area contributed by atoms with Crippen LogP contribution in [0.1, 0.15) is 0 Å². The van der Waals surface area contributed by atoms with Gasteiger partial charge < -0.3 is 4.74 Å². The first-order chi connectivity index (χ1) is 12.8. The van der Waals surface area contributed by atoms with Crippen molar-refractivity contribution in [3.8, 4) is 11.8 Å². The molecule has 0 saturated heterocycles. The summed E-state index contributed by atoms with van der Waals surface area (Å²) in [6.45, 7) is 0. The SMILES string of the molecule is O=c1[nH]c(Oc2ccc(N=Nc3ccccc3)cc2)nc2ccccc12. The van der Waals surface area contributed by atoms with Crippen LogP contribution >= 0.6 is 0 Å². The maximum absolute atomic E-state index is 12.1. The lowest BCUT2D eigenvalue weighted by molar-refractivity contribution is 0.443. The van der Waals surface area contributed by atoms with E-state index in [1.165, 1.54) is 0 Å². The molecule has 1 aromatic heterocycles. The van der Waals surface area contributed by atoms with Gasteiger partial charge in [-0.25, -0.2) is 0 Å². The summed E-state index contributed by atoms with van der Waals surface area (Å²) in [5.74, 6) is 0.544. The Morgan fingerprint density at radius 2 is 1.42 bits per heavy atom. The van der Waals surface area contributed by atoms with E-state index in [1.807, 2.05) is 36.4 Å².